The van der Waals surface area contributed by atoms with Crippen molar-refractivity contribution in [2.75, 3.05) is 38.5 Å². The van der Waals surface area contributed by atoms with Crippen LogP contribution in [0.2, 0.25) is 0 Å². The molecule has 5 rings (SSSR count). The molecule has 2 saturated heterocycles. The Balaban J connectivity index is 1.56. The Morgan fingerprint density at radius 2 is 1.70 bits per heavy atom. The number of nitrogens with one attached hydrogen (secondary N) is 1. The Labute approximate surface area is 232 Å². The van der Waals surface area contributed by atoms with Crippen LogP contribution < -0.4 is 15.6 Å². The molecule has 1 atom stereocenters. The van der Waals surface area contributed by atoms with Crippen LogP contribution >= 0.6 is 0 Å². The largest absolute Gasteiger partial charge is 0.487 e. The summed E-state index contributed by atoms with van der Waals surface area (Å²) >= 11 is 0. The second-order valence-corrected chi connectivity index (χ2v) is 11.5. The van der Waals surface area contributed by atoms with Crippen LogP contribution in [0.4, 0.5) is 19.0 Å². The van der Waals surface area contributed by atoms with E-state index in [9.17, 15) is 18.0 Å². The van der Waals surface area contributed by atoms with E-state index < -0.39 is 23.8 Å². The summed E-state index contributed by atoms with van der Waals surface area (Å²) in [5.41, 5.74) is 0.248. The molecule has 0 bridgehead atoms. The number of hydrogen-bond acceptors (Lipinski definition) is 6. The Bertz CT molecular complexity index is 1430. The fourth-order valence-electron chi connectivity index (χ4n) is 5.90. The van der Waals surface area contributed by atoms with E-state index in [0.29, 0.717) is 22.6 Å². The minimum atomic E-state index is -2.91. The summed E-state index contributed by atoms with van der Waals surface area (Å²) in [7, 11) is 3.61. The molecule has 0 unspecified atom stereocenters. The summed E-state index contributed by atoms with van der Waals surface area (Å²) in [4.78, 5) is 17.9. The number of hydrogen-bond donors (Lipinski definition) is 1. The van der Waals surface area contributed by atoms with Crippen LogP contribution in [0.5, 0.6) is 5.75 Å². The SMILES string of the molecule is CC(C)N1CCC(c2cc3c(N[C@H](C)c4cccc(C(F)F)c4F)nn(C)c(=O)c3cc2OC2CN(C)C2)CC1. The lowest BCUT2D eigenvalue weighted by atomic mass is 9.87. The molecule has 7 nitrogen and oxygen atoms in total. The number of benzene rings is 2. The highest BCUT2D eigenvalue weighted by atomic mass is 19.3. The molecule has 2 aromatic carbocycles. The number of alkyl halides is 2. The van der Waals surface area contributed by atoms with Crippen LogP contribution in [0.25, 0.3) is 10.8 Å². The second-order valence-electron chi connectivity index (χ2n) is 11.5. The van der Waals surface area contributed by atoms with E-state index in [1.165, 1.54) is 16.8 Å². The Morgan fingerprint density at radius 1 is 1.02 bits per heavy atom. The summed E-state index contributed by atoms with van der Waals surface area (Å²) in [5.74, 6) is 0.431. The first-order valence-corrected chi connectivity index (χ1v) is 14.0. The summed E-state index contributed by atoms with van der Waals surface area (Å²) in [6.07, 6.45) is -0.922. The standard InChI is InChI=1S/C30H38F3N5O2/c1-17(2)38-11-9-19(10-12-38)23-13-24-25(14-26(23)40-20-15-36(4)16-20)30(39)37(5)35-29(24)34-18(3)21-7-6-8-22(27(21)31)28(32)33/h6-8,13-14,17-20,28H,9-12,15-16H2,1-5H3,(H,34,35)/t18-/m1/s1. The zero-order valence-electron chi connectivity index (χ0n) is 23.8. The number of likely N-dealkylation sites (N-methyl/N-ethyl adjacent to an activating group) is 1. The molecule has 2 aliphatic rings. The lowest BCUT2D eigenvalue weighted by Crippen LogP contribution is -2.51. The van der Waals surface area contributed by atoms with Gasteiger partial charge < -0.3 is 15.0 Å². The van der Waals surface area contributed by atoms with Crippen molar-refractivity contribution >= 4 is 16.6 Å². The molecule has 3 heterocycles. The number of aryl methyl sites for hydroxylation is 1. The molecule has 0 saturated carbocycles. The second kappa shape index (κ2) is 11.4. The van der Waals surface area contributed by atoms with Crippen LogP contribution in [0, 0.1) is 5.82 Å². The molecule has 216 valence electrons. The van der Waals surface area contributed by atoms with Crippen LogP contribution in [0.3, 0.4) is 0 Å². The van der Waals surface area contributed by atoms with Crippen molar-refractivity contribution in [3.8, 4) is 5.75 Å². The third-order valence-corrected chi connectivity index (χ3v) is 8.32. The van der Waals surface area contributed by atoms with Gasteiger partial charge in [-0.3, -0.25) is 9.69 Å². The number of halogens is 3. The van der Waals surface area contributed by atoms with Crippen molar-refractivity contribution < 1.29 is 17.9 Å². The number of aromatic nitrogens is 2. The zero-order chi connectivity index (χ0) is 28.7. The van der Waals surface area contributed by atoms with Gasteiger partial charge >= 0.3 is 0 Å². The highest BCUT2D eigenvalue weighted by molar-refractivity contribution is 5.93. The Hall–Kier alpha value is -3.11. The van der Waals surface area contributed by atoms with E-state index in [0.717, 1.165) is 56.4 Å². The maximum absolute atomic E-state index is 15.0. The quantitative estimate of drug-likeness (QED) is 0.397. The highest BCUT2D eigenvalue weighted by Gasteiger charge is 2.30. The van der Waals surface area contributed by atoms with Crippen molar-refractivity contribution in [2.24, 2.45) is 7.05 Å². The van der Waals surface area contributed by atoms with Crippen LogP contribution in [-0.4, -0.2) is 65.0 Å². The van der Waals surface area contributed by atoms with Crippen molar-refractivity contribution in [2.45, 2.75) is 64.1 Å². The van der Waals surface area contributed by atoms with Gasteiger partial charge in [-0.1, -0.05) is 18.2 Å². The molecule has 2 fully saturated rings. The minimum Gasteiger partial charge on any atom is -0.487 e. The molecule has 0 aliphatic carbocycles. The minimum absolute atomic E-state index is 0.0605. The number of piperidine rings is 1. The maximum atomic E-state index is 15.0. The molecule has 2 aliphatic heterocycles. The molecule has 0 radical (unpaired) electrons. The van der Waals surface area contributed by atoms with Crippen LogP contribution in [0.1, 0.15) is 68.7 Å². The number of rotatable bonds is 8. The first kappa shape index (κ1) is 28.4. The van der Waals surface area contributed by atoms with Gasteiger partial charge in [0.05, 0.1) is 17.0 Å². The van der Waals surface area contributed by atoms with Crippen LogP contribution in [0.15, 0.2) is 35.1 Å². The molecule has 3 aromatic rings. The fourth-order valence-corrected chi connectivity index (χ4v) is 5.90. The number of fused-ring (bicyclic) bond motifs is 1. The number of anilines is 1. The van der Waals surface area contributed by atoms with Crippen molar-refractivity contribution in [1.29, 1.82) is 0 Å². The van der Waals surface area contributed by atoms with Gasteiger partial charge in [0.25, 0.3) is 12.0 Å². The van der Waals surface area contributed by atoms with Crippen molar-refractivity contribution in [1.82, 2.24) is 19.6 Å². The smallest absolute Gasteiger partial charge is 0.274 e. The molecule has 1 N–H and O–H groups in total. The summed E-state index contributed by atoms with van der Waals surface area (Å²) < 4.78 is 49.3. The molecular weight excluding hydrogens is 519 g/mol. The third kappa shape index (κ3) is 5.56. The van der Waals surface area contributed by atoms with Gasteiger partial charge in [0.1, 0.15) is 17.7 Å². The van der Waals surface area contributed by atoms with Gasteiger partial charge in [-0.05, 0) is 77.4 Å². The van der Waals surface area contributed by atoms with Gasteiger partial charge in [0.15, 0.2) is 5.82 Å². The molecule has 0 spiro atoms. The fraction of sp³-hybridized carbons (Fsp3) is 0.533. The van der Waals surface area contributed by atoms with Crippen molar-refractivity contribution in [3.05, 3.63) is 63.2 Å². The van der Waals surface area contributed by atoms with Gasteiger partial charge in [0.2, 0.25) is 0 Å². The normalized spacial score (nSPS) is 18.4. The van der Waals surface area contributed by atoms with E-state index in [2.05, 4.69) is 34.1 Å². The van der Waals surface area contributed by atoms with E-state index >= 15 is 0 Å². The molecule has 10 heteroatoms. The lowest BCUT2D eigenvalue weighted by molar-refractivity contribution is 0.0376. The average Bonchev–Trinajstić information content (AvgIpc) is 2.90. The van der Waals surface area contributed by atoms with E-state index in [-0.39, 0.29) is 23.1 Å². The summed E-state index contributed by atoms with van der Waals surface area (Å²) in [6, 6.07) is 7.63. The first-order chi connectivity index (χ1) is 19.0. The Kier molecular flexibility index (Phi) is 8.10. The van der Waals surface area contributed by atoms with Gasteiger partial charge in [-0.25, -0.2) is 17.9 Å². The summed E-state index contributed by atoms with van der Waals surface area (Å²) in [6.45, 7) is 9.71. The monoisotopic (exact) mass is 557 g/mol. The summed E-state index contributed by atoms with van der Waals surface area (Å²) in [5, 5.41) is 8.73. The van der Waals surface area contributed by atoms with Crippen molar-refractivity contribution in [3.63, 3.8) is 0 Å². The molecule has 1 aromatic heterocycles. The van der Waals surface area contributed by atoms with Gasteiger partial charge in [0, 0.05) is 37.1 Å². The van der Waals surface area contributed by atoms with Crippen LogP contribution in [-0.2, 0) is 7.05 Å². The van der Waals surface area contributed by atoms with Gasteiger partial charge in [-0.2, -0.15) is 5.10 Å². The van der Waals surface area contributed by atoms with E-state index in [1.807, 2.05) is 19.2 Å². The average molecular weight is 558 g/mol. The molecule has 0 amide bonds. The van der Waals surface area contributed by atoms with E-state index in [4.69, 9.17) is 4.74 Å². The highest BCUT2D eigenvalue weighted by Crippen LogP contribution is 2.39. The predicted octanol–water partition coefficient (Wildman–Crippen LogP) is 5.46. The topological polar surface area (TPSA) is 62.6 Å². The van der Waals surface area contributed by atoms with E-state index in [1.54, 1.807) is 14.0 Å². The third-order valence-electron chi connectivity index (χ3n) is 8.32. The Morgan fingerprint density at radius 3 is 2.33 bits per heavy atom. The molecule has 40 heavy (non-hydrogen) atoms. The number of ether oxygens (including phenoxy) is 1. The number of nitrogens with zero attached hydrogens (tertiary/aromatic N) is 4. The first-order valence-electron chi connectivity index (χ1n) is 14.0. The number of likely N-dealkylation sites (tertiary alicyclic amines) is 2. The molecular formula is C30H38F3N5O2. The predicted molar refractivity (Wildman–Crippen MR) is 151 cm³/mol. The lowest BCUT2D eigenvalue weighted by Gasteiger charge is -2.38. The zero-order valence-corrected chi connectivity index (χ0v) is 23.8. The maximum Gasteiger partial charge on any atom is 0.274 e. The van der Waals surface area contributed by atoms with Gasteiger partial charge in [-0.15, -0.1) is 0 Å².